The monoisotopic (exact) mass is 226 g/mol. The van der Waals surface area contributed by atoms with E-state index in [9.17, 15) is 5.11 Å². The normalized spacial score (nSPS) is 34.3. The standard InChI is InChI=1S/C13H26N2O/c1-10(2)13(16)9-15-8-12-5-4-6-14(12)7-11(15)3/h10-13,16H,4-9H2,1-3H3. The quantitative estimate of drug-likeness (QED) is 0.782. The molecule has 0 aromatic heterocycles. The molecule has 2 fully saturated rings. The molecule has 0 spiro atoms. The maximum atomic E-state index is 9.98. The van der Waals surface area contributed by atoms with E-state index in [4.69, 9.17) is 0 Å². The molecule has 2 heterocycles. The second-order valence-corrected chi connectivity index (χ2v) is 5.91. The van der Waals surface area contributed by atoms with Crippen molar-refractivity contribution in [3.05, 3.63) is 0 Å². The highest BCUT2D eigenvalue weighted by molar-refractivity contribution is 4.91. The van der Waals surface area contributed by atoms with Gasteiger partial charge in [0.1, 0.15) is 0 Å². The van der Waals surface area contributed by atoms with E-state index in [0.29, 0.717) is 12.0 Å². The van der Waals surface area contributed by atoms with Gasteiger partial charge in [-0.1, -0.05) is 13.8 Å². The summed E-state index contributed by atoms with van der Waals surface area (Å²) < 4.78 is 0. The van der Waals surface area contributed by atoms with Gasteiger partial charge in [-0.25, -0.2) is 0 Å². The first-order valence-corrected chi connectivity index (χ1v) is 6.74. The summed E-state index contributed by atoms with van der Waals surface area (Å²) in [5, 5.41) is 9.98. The summed E-state index contributed by atoms with van der Waals surface area (Å²) in [6, 6.07) is 1.36. The van der Waals surface area contributed by atoms with Crippen LogP contribution in [0.5, 0.6) is 0 Å². The number of aliphatic hydroxyl groups excluding tert-OH is 1. The van der Waals surface area contributed by atoms with Crippen molar-refractivity contribution in [3.63, 3.8) is 0 Å². The molecule has 0 aromatic rings. The van der Waals surface area contributed by atoms with Gasteiger partial charge in [0.25, 0.3) is 0 Å². The van der Waals surface area contributed by atoms with Crippen LogP contribution in [0.1, 0.15) is 33.6 Å². The predicted molar refractivity (Wildman–Crippen MR) is 66.5 cm³/mol. The molecular formula is C13H26N2O. The molecule has 3 atom stereocenters. The zero-order chi connectivity index (χ0) is 11.7. The molecule has 0 radical (unpaired) electrons. The fraction of sp³-hybridized carbons (Fsp3) is 1.00. The van der Waals surface area contributed by atoms with Crippen molar-refractivity contribution in [2.75, 3.05) is 26.2 Å². The molecule has 0 amide bonds. The maximum absolute atomic E-state index is 9.98. The van der Waals surface area contributed by atoms with Crippen LogP contribution in [0.25, 0.3) is 0 Å². The van der Waals surface area contributed by atoms with Crippen molar-refractivity contribution in [3.8, 4) is 0 Å². The Morgan fingerprint density at radius 3 is 2.75 bits per heavy atom. The van der Waals surface area contributed by atoms with E-state index in [-0.39, 0.29) is 6.10 Å². The number of hydrogen-bond donors (Lipinski definition) is 1. The Hall–Kier alpha value is -0.120. The molecule has 1 N–H and O–H groups in total. The summed E-state index contributed by atoms with van der Waals surface area (Å²) >= 11 is 0. The van der Waals surface area contributed by atoms with Gasteiger partial charge >= 0.3 is 0 Å². The van der Waals surface area contributed by atoms with Crippen molar-refractivity contribution in [2.45, 2.75) is 51.8 Å². The van der Waals surface area contributed by atoms with Gasteiger partial charge in [0.05, 0.1) is 6.10 Å². The van der Waals surface area contributed by atoms with Crippen LogP contribution in [0.3, 0.4) is 0 Å². The van der Waals surface area contributed by atoms with Crippen LogP contribution < -0.4 is 0 Å². The van der Waals surface area contributed by atoms with Gasteiger partial charge in [-0.2, -0.15) is 0 Å². The van der Waals surface area contributed by atoms with Crippen molar-refractivity contribution < 1.29 is 5.11 Å². The summed E-state index contributed by atoms with van der Waals surface area (Å²) in [4.78, 5) is 5.11. The smallest absolute Gasteiger partial charge is 0.0690 e. The summed E-state index contributed by atoms with van der Waals surface area (Å²) in [6.07, 6.45) is 2.54. The van der Waals surface area contributed by atoms with Crippen LogP contribution >= 0.6 is 0 Å². The highest BCUT2D eigenvalue weighted by atomic mass is 16.3. The van der Waals surface area contributed by atoms with Gasteiger partial charge < -0.3 is 5.11 Å². The van der Waals surface area contributed by atoms with Crippen LogP contribution in [0.15, 0.2) is 0 Å². The van der Waals surface area contributed by atoms with Crippen LogP contribution in [0, 0.1) is 5.92 Å². The fourth-order valence-corrected chi connectivity index (χ4v) is 2.95. The average molecular weight is 226 g/mol. The predicted octanol–water partition coefficient (Wildman–Crippen LogP) is 1.17. The molecule has 94 valence electrons. The number of aliphatic hydroxyl groups is 1. The zero-order valence-corrected chi connectivity index (χ0v) is 10.9. The zero-order valence-electron chi connectivity index (χ0n) is 10.9. The van der Waals surface area contributed by atoms with Gasteiger partial charge in [0.2, 0.25) is 0 Å². The highest BCUT2D eigenvalue weighted by Gasteiger charge is 2.34. The van der Waals surface area contributed by atoms with E-state index in [1.54, 1.807) is 0 Å². The summed E-state index contributed by atoms with van der Waals surface area (Å²) in [5.41, 5.74) is 0. The molecule has 2 aliphatic heterocycles. The first kappa shape index (κ1) is 12.3. The Balaban J connectivity index is 1.89. The molecule has 0 bridgehead atoms. The van der Waals surface area contributed by atoms with E-state index in [1.165, 1.54) is 25.9 Å². The average Bonchev–Trinajstić information content (AvgIpc) is 2.65. The number of nitrogens with zero attached hydrogens (tertiary/aromatic N) is 2. The second-order valence-electron chi connectivity index (χ2n) is 5.91. The summed E-state index contributed by atoms with van der Waals surface area (Å²) in [7, 11) is 0. The van der Waals surface area contributed by atoms with E-state index >= 15 is 0 Å². The maximum Gasteiger partial charge on any atom is 0.0690 e. The Labute approximate surface area is 99.4 Å². The summed E-state index contributed by atoms with van der Waals surface area (Å²) in [6.45, 7) is 11.0. The molecule has 2 rings (SSSR count). The largest absolute Gasteiger partial charge is 0.392 e. The lowest BCUT2D eigenvalue weighted by atomic mass is 10.0. The third-order valence-corrected chi connectivity index (χ3v) is 4.26. The van der Waals surface area contributed by atoms with E-state index in [0.717, 1.165) is 19.1 Å². The first-order valence-electron chi connectivity index (χ1n) is 6.74. The van der Waals surface area contributed by atoms with Crippen LogP contribution in [0.4, 0.5) is 0 Å². The van der Waals surface area contributed by atoms with Crippen molar-refractivity contribution in [2.24, 2.45) is 5.92 Å². The van der Waals surface area contributed by atoms with Crippen molar-refractivity contribution in [1.82, 2.24) is 9.80 Å². The van der Waals surface area contributed by atoms with E-state index in [1.807, 2.05) is 0 Å². The number of piperazine rings is 1. The first-order chi connectivity index (χ1) is 7.58. The van der Waals surface area contributed by atoms with Gasteiger partial charge in [-0.15, -0.1) is 0 Å². The molecule has 2 saturated heterocycles. The van der Waals surface area contributed by atoms with Gasteiger partial charge in [-0.3, -0.25) is 9.80 Å². The molecule has 2 aliphatic rings. The Kier molecular flexibility index (Phi) is 3.88. The number of β-amino-alcohol motifs (C(OH)–C–C–N with tert-alkyl or cyclic N) is 1. The second kappa shape index (κ2) is 5.03. The Bertz CT molecular complexity index is 230. The molecular weight excluding hydrogens is 200 g/mol. The number of fused-ring (bicyclic) bond motifs is 1. The third-order valence-electron chi connectivity index (χ3n) is 4.26. The molecule has 16 heavy (non-hydrogen) atoms. The third kappa shape index (κ3) is 2.58. The van der Waals surface area contributed by atoms with Crippen LogP contribution in [-0.4, -0.2) is 59.3 Å². The topological polar surface area (TPSA) is 26.7 Å². The molecule has 3 unspecified atom stereocenters. The minimum Gasteiger partial charge on any atom is -0.392 e. The number of rotatable bonds is 3. The minimum atomic E-state index is -0.171. The fourth-order valence-electron chi connectivity index (χ4n) is 2.95. The number of hydrogen-bond acceptors (Lipinski definition) is 3. The lowest BCUT2D eigenvalue weighted by molar-refractivity contribution is 0.00956. The molecule has 3 nitrogen and oxygen atoms in total. The van der Waals surface area contributed by atoms with Gasteiger partial charge in [0.15, 0.2) is 0 Å². The molecule has 0 saturated carbocycles. The highest BCUT2D eigenvalue weighted by Crippen LogP contribution is 2.24. The molecule has 0 aromatic carbocycles. The summed E-state index contributed by atoms with van der Waals surface area (Å²) in [5.74, 6) is 0.369. The lowest BCUT2D eigenvalue weighted by Crippen LogP contribution is -2.56. The van der Waals surface area contributed by atoms with Gasteiger partial charge in [0, 0.05) is 31.7 Å². The molecule has 3 heteroatoms. The lowest BCUT2D eigenvalue weighted by Gasteiger charge is -2.43. The van der Waals surface area contributed by atoms with Gasteiger partial charge in [-0.05, 0) is 32.2 Å². The van der Waals surface area contributed by atoms with Crippen LogP contribution in [-0.2, 0) is 0 Å². The van der Waals surface area contributed by atoms with E-state index in [2.05, 4.69) is 30.6 Å². The Morgan fingerprint density at radius 2 is 2.06 bits per heavy atom. The van der Waals surface area contributed by atoms with E-state index < -0.39 is 0 Å². The Morgan fingerprint density at radius 1 is 1.31 bits per heavy atom. The SMILES string of the molecule is CC(C)C(O)CN1CC2CCCN2CC1C. The van der Waals surface area contributed by atoms with Crippen LogP contribution in [0.2, 0.25) is 0 Å². The van der Waals surface area contributed by atoms with Crippen molar-refractivity contribution in [1.29, 1.82) is 0 Å². The minimum absolute atomic E-state index is 0.171. The molecule has 0 aliphatic carbocycles. The van der Waals surface area contributed by atoms with Crippen molar-refractivity contribution >= 4 is 0 Å².